The Bertz CT molecular complexity index is 924. The van der Waals surface area contributed by atoms with E-state index >= 15 is 0 Å². The number of halogens is 1. The second-order valence-corrected chi connectivity index (χ2v) is 7.12. The fourth-order valence-corrected chi connectivity index (χ4v) is 3.99. The third kappa shape index (κ3) is 2.74. The molecule has 4 heterocycles. The fraction of sp³-hybridized carbons (Fsp3) is 0.368. The molecule has 1 aromatic carbocycles. The number of benzene rings is 1. The Labute approximate surface area is 156 Å². The van der Waals surface area contributed by atoms with Crippen LogP contribution in [0.15, 0.2) is 42.6 Å². The molecule has 0 saturated carbocycles. The van der Waals surface area contributed by atoms with Crippen molar-refractivity contribution in [2.24, 2.45) is 0 Å². The third-order valence-electron chi connectivity index (χ3n) is 5.24. The summed E-state index contributed by atoms with van der Waals surface area (Å²) in [5, 5.41) is 8.41. The summed E-state index contributed by atoms with van der Waals surface area (Å²) >= 11 is 6.00. The zero-order valence-electron chi connectivity index (χ0n) is 14.3. The van der Waals surface area contributed by atoms with Gasteiger partial charge in [-0.15, -0.1) is 10.2 Å². The monoisotopic (exact) mass is 370 g/mol. The minimum absolute atomic E-state index is 0.333. The minimum atomic E-state index is -0.333. The molecule has 0 N–H and O–H groups in total. The summed E-state index contributed by atoms with van der Waals surface area (Å²) in [6.07, 6.45) is 3.81. The van der Waals surface area contributed by atoms with Crippen molar-refractivity contribution in [2.45, 2.75) is 18.6 Å². The van der Waals surface area contributed by atoms with Crippen LogP contribution in [-0.4, -0.2) is 46.9 Å². The summed E-state index contributed by atoms with van der Waals surface area (Å²) in [6.45, 7) is 3.32. The molecule has 2 fully saturated rings. The smallest absolute Gasteiger partial charge is 0.171 e. The van der Waals surface area contributed by atoms with Gasteiger partial charge in [0, 0.05) is 49.6 Å². The summed E-state index contributed by atoms with van der Waals surface area (Å²) in [7, 11) is 0. The molecule has 2 saturated heterocycles. The Balaban J connectivity index is 1.36. The Morgan fingerprint density at radius 2 is 1.62 bits per heavy atom. The summed E-state index contributed by atoms with van der Waals surface area (Å²) < 4.78 is 13.7. The first-order valence-corrected chi connectivity index (χ1v) is 9.24. The van der Waals surface area contributed by atoms with Crippen LogP contribution in [0.5, 0.6) is 0 Å². The summed E-state index contributed by atoms with van der Waals surface area (Å²) in [4.78, 5) is 2.39. The number of ether oxygens (including phenoxy) is 2. The highest BCUT2D eigenvalue weighted by atomic mass is 35.5. The van der Waals surface area contributed by atoms with Gasteiger partial charge in [-0.05, 0) is 30.3 Å². The van der Waals surface area contributed by atoms with Crippen LogP contribution in [0.4, 0.5) is 5.69 Å². The van der Waals surface area contributed by atoms with Gasteiger partial charge < -0.3 is 18.9 Å². The van der Waals surface area contributed by atoms with Gasteiger partial charge in [-0.2, -0.15) is 0 Å². The standard InChI is InChI=1S/C19H19ClN4O2/c20-18-13-17-16(21-22-18)5-8-24(17)15-3-1-14(2-4-15)23-9-6-19(7-10-23)25-11-12-26-19/h1-5,8,13H,6-7,9-12H2. The molecule has 1 spiro atoms. The molecule has 0 aliphatic carbocycles. The van der Waals surface area contributed by atoms with Crippen molar-refractivity contribution in [3.05, 3.63) is 47.7 Å². The lowest BCUT2D eigenvalue weighted by atomic mass is 10.0. The molecule has 0 amide bonds. The number of aromatic nitrogens is 3. The predicted octanol–water partition coefficient (Wildman–Crippen LogP) is 3.42. The van der Waals surface area contributed by atoms with Crippen molar-refractivity contribution in [1.82, 2.24) is 14.8 Å². The van der Waals surface area contributed by atoms with Crippen molar-refractivity contribution in [3.8, 4) is 5.69 Å². The number of anilines is 1. The van der Waals surface area contributed by atoms with Gasteiger partial charge >= 0.3 is 0 Å². The lowest BCUT2D eigenvalue weighted by Crippen LogP contribution is -2.45. The molecule has 3 aromatic rings. The van der Waals surface area contributed by atoms with Gasteiger partial charge in [0.1, 0.15) is 5.52 Å². The maximum atomic E-state index is 6.00. The molecular formula is C19H19ClN4O2. The lowest BCUT2D eigenvalue weighted by molar-refractivity contribution is -0.169. The van der Waals surface area contributed by atoms with Crippen molar-refractivity contribution in [3.63, 3.8) is 0 Å². The highest BCUT2D eigenvalue weighted by Crippen LogP contribution is 2.33. The largest absolute Gasteiger partial charge is 0.371 e. The van der Waals surface area contributed by atoms with Gasteiger partial charge in [0.2, 0.25) is 0 Å². The second-order valence-electron chi connectivity index (χ2n) is 6.73. The van der Waals surface area contributed by atoms with Crippen molar-refractivity contribution in [2.75, 3.05) is 31.2 Å². The maximum absolute atomic E-state index is 6.00. The molecule has 0 atom stereocenters. The Kier molecular flexibility index (Phi) is 3.85. The van der Waals surface area contributed by atoms with Gasteiger partial charge in [-0.25, -0.2) is 0 Å². The number of piperidine rings is 1. The summed E-state index contributed by atoms with van der Waals surface area (Å²) in [6, 6.07) is 12.3. The topological polar surface area (TPSA) is 52.4 Å². The average Bonchev–Trinajstić information content (AvgIpc) is 3.30. The number of fused-ring (bicyclic) bond motifs is 1. The first-order valence-electron chi connectivity index (χ1n) is 8.86. The van der Waals surface area contributed by atoms with Gasteiger partial charge in [0.05, 0.1) is 18.7 Å². The van der Waals surface area contributed by atoms with E-state index in [-0.39, 0.29) is 5.79 Å². The first-order chi connectivity index (χ1) is 12.7. The number of hydrogen-bond acceptors (Lipinski definition) is 5. The van der Waals surface area contributed by atoms with E-state index in [0.29, 0.717) is 18.4 Å². The predicted molar refractivity (Wildman–Crippen MR) is 100.0 cm³/mol. The van der Waals surface area contributed by atoms with Gasteiger partial charge in [0.15, 0.2) is 10.9 Å². The van der Waals surface area contributed by atoms with E-state index in [4.69, 9.17) is 21.1 Å². The zero-order chi connectivity index (χ0) is 17.6. The molecule has 0 radical (unpaired) electrons. The Morgan fingerprint density at radius 3 is 2.35 bits per heavy atom. The van der Waals surface area contributed by atoms with Crippen LogP contribution in [0.25, 0.3) is 16.7 Å². The molecular weight excluding hydrogens is 352 g/mol. The Morgan fingerprint density at radius 1 is 0.923 bits per heavy atom. The van der Waals surface area contributed by atoms with Gasteiger partial charge in [-0.3, -0.25) is 0 Å². The lowest BCUT2D eigenvalue weighted by Gasteiger charge is -2.38. The van der Waals surface area contributed by atoms with E-state index < -0.39 is 0 Å². The normalized spacial score (nSPS) is 19.5. The second kappa shape index (κ2) is 6.23. The van der Waals surface area contributed by atoms with Crippen LogP contribution >= 0.6 is 11.6 Å². The van der Waals surface area contributed by atoms with E-state index in [1.54, 1.807) is 0 Å². The molecule has 7 heteroatoms. The molecule has 2 aliphatic heterocycles. The van der Waals surface area contributed by atoms with Crippen molar-refractivity contribution >= 4 is 28.3 Å². The van der Waals surface area contributed by atoms with Crippen LogP contribution in [-0.2, 0) is 9.47 Å². The summed E-state index contributed by atoms with van der Waals surface area (Å²) in [5.74, 6) is -0.333. The third-order valence-corrected chi connectivity index (χ3v) is 5.43. The summed E-state index contributed by atoms with van der Waals surface area (Å²) in [5.41, 5.74) is 4.07. The van der Waals surface area contributed by atoms with Crippen LogP contribution < -0.4 is 4.90 Å². The number of rotatable bonds is 2. The van der Waals surface area contributed by atoms with E-state index in [2.05, 4.69) is 43.9 Å². The zero-order valence-corrected chi connectivity index (χ0v) is 15.0. The molecule has 2 aliphatic rings. The van der Waals surface area contributed by atoms with Gasteiger partial charge in [0.25, 0.3) is 0 Å². The van der Waals surface area contributed by atoms with E-state index in [9.17, 15) is 0 Å². The van der Waals surface area contributed by atoms with E-state index in [1.807, 2.05) is 18.3 Å². The SMILES string of the molecule is Clc1cc2c(ccn2-c2ccc(N3CCC4(CC3)OCCO4)cc2)nn1. The molecule has 5 rings (SSSR count). The van der Waals surface area contributed by atoms with Gasteiger partial charge in [-0.1, -0.05) is 11.6 Å². The molecule has 0 bridgehead atoms. The molecule has 6 nitrogen and oxygen atoms in total. The molecule has 0 unspecified atom stereocenters. The van der Waals surface area contributed by atoms with Crippen LogP contribution in [0.3, 0.4) is 0 Å². The first kappa shape index (κ1) is 16.1. The van der Waals surface area contributed by atoms with Crippen molar-refractivity contribution in [1.29, 1.82) is 0 Å². The number of hydrogen-bond donors (Lipinski definition) is 0. The average molecular weight is 371 g/mol. The number of nitrogens with zero attached hydrogens (tertiary/aromatic N) is 4. The Hall–Kier alpha value is -2.15. The van der Waals surface area contributed by atoms with Crippen LogP contribution in [0.1, 0.15) is 12.8 Å². The highest BCUT2D eigenvalue weighted by molar-refractivity contribution is 6.29. The maximum Gasteiger partial charge on any atom is 0.171 e. The van der Waals surface area contributed by atoms with Crippen molar-refractivity contribution < 1.29 is 9.47 Å². The van der Waals surface area contributed by atoms with Crippen LogP contribution in [0, 0.1) is 0 Å². The molecule has 134 valence electrons. The minimum Gasteiger partial charge on any atom is -0.371 e. The highest BCUT2D eigenvalue weighted by Gasteiger charge is 2.39. The quantitative estimate of drug-likeness (QED) is 0.691. The van der Waals surface area contributed by atoms with Crippen LogP contribution in [0.2, 0.25) is 5.15 Å². The molecule has 26 heavy (non-hydrogen) atoms. The molecule has 2 aromatic heterocycles. The van der Waals surface area contributed by atoms with E-state index in [0.717, 1.165) is 42.7 Å². The van der Waals surface area contributed by atoms with E-state index in [1.165, 1.54) is 5.69 Å². The fourth-order valence-electron chi connectivity index (χ4n) is 3.85.